The molecular weight excluding hydrogens is 668 g/mol. The largest absolute Gasteiger partial charge is 0.478 e. The van der Waals surface area contributed by atoms with Crippen molar-refractivity contribution in [2.75, 3.05) is 6.54 Å². The Hall–Kier alpha value is -3.26. The summed E-state index contributed by atoms with van der Waals surface area (Å²) in [7, 11) is 0. The molecule has 0 radical (unpaired) electrons. The lowest BCUT2D eigenvalue weighted by molar-refractivity contribution is -0.246. The van der Waals surface area contributed by atoms with Crippen LogP contribution in [0.5, 0.6) is 0 Å². The Bertz CT molecular complexity index is 1730. The third kappa shape index (κ3) is 6.53. The van der Waals surface area contributed by atoms with E-state index < -0.39 is 23.1 Å². The van der Waals surface area contributed by atoms with Gasteiger partial charge in [-0.15, -0.1) is 0 Å². The minimum absolute atomic E-state index is 0.0683. The number of aliphatic hydroxyl groups is 1. The van der Waals surface area contributed by atoms with Crippen LogP contribution in [-0.4, -0.2) is 40.6 Å². The zero-order valence-corrected chi connectivity index (χ0v) is 33.1. The summed E-state index contributed by atoms with van der Waals surface area (Å²) in [6, 6.07) is 11.0. The highest BCUT2D eigenvalue weighted by molar-refractivity contribution is 5.94. The summed E-state index contributed by atoms with van der Waals surface area (Å²) in [6.07, 6.45) is 10.4. The van der Waals surface area contributed by atoms with Gasteiger partial charge in [0.1, 0.15) is 5.82 Å². The molecule has 9 atom stereocenters. The summed E-state index contributed by atoms with van der Waals surface area (Å²) in [5.41, 5.74) is 1.47. The predicted octanol–water partition coefficient (Wildman–Crippen LogP) is 8.97. The molecule has 4 N–H and O–H groups in total. The topological polar surface area (TPSA) is 116 Å². The molecule has 4 aliphatic carbocycles. The van der Waals surface area contributed by atoms with Gasteiger partial charge in [0, 0.05) is 13.1 Å². The van der Waals surface area contributed by atoms with Crippen LogP contribution in [0.25, 0.3) is 0 Å². The van der Waals surface area contributed by atoms with Crippen molar-refractivity contribution >= 4 is 17.8 Å². The number of hydrogen-bond donors (Lipinski definition) is 4. The maximum Gasteiger partial charge on any atom is 0.335 e. The van der Waals surface area contributed by atoms with Gasteiger partial charge in [0.05, 0.1) is 22.6 Å². The van der Waals surface area contributed by atoms with Gasteiger partial charge < -0.3 is 20.8 Å². The molecule has 53 heavy (non-hydrogen) atoms. The lowest BCUT2D eigenvalue weighted by Gasteiger charge is -2.72. The van der Waals surface area contributed by atoms with Gasteiger partial charge in [0.25, 0.3) is 5.91 Å². The van der Waals surface area contributed by atoms with Crippen molar-refractivity contribution in [3.05, 3.63) is 70.5 Å². The summed E-state index contributed by atoms with van der Waals surface area (Å²) >= 11 is 0. The molecule has 0 heterocycles. The normalized spacial score (nSPS) is 36.0. The summed E-state index contributed by atoms with van der Waals surface area (Å²) in [4.78, 5) is 38.8. The molecule has 4 aliphatic rings. The molecule has 7 nitrogen and oxygen atoms in total. The first-order valence-electron chi connectivity index (χ1n) is 20.3. The van der Waals surface area contributed by atoms with Crippen molar-refractivity contribution < 1.29 is 29.0 Å². The number of carboxylic acid groups (broad SMARTS) is 1. The number of aliphatic hydroxyl groups excluding tert-OH is 1. The smallest absolute Gasteiger partial charge is 0.335 e. The first-order chi connectivity index (χ1) is 24.9. The number of carbonyl (C=O) groups excluding carboxylic acids is 2. The van der Waals surface area contributed by atoms with Crippen LogP contribution < -0.4 is 10.6 Å². The Kier molecular flexibility index (Phi) is 10.7. The lowest BCUT2D eigenvalue weighted by Crippen LogP contribution is -2.67. The zero-order valence-electron chi connectivity index (χ0n) is 33.1. The SMILES string of the molecule is CCCC1(C(=O)NCc2ccc(F)c(C(=O)NCCc3cccc(C(=O)O)c3)c2)CC[C@]2(C)C(CCC3C4(C)CCC(O)C(C)(C)C4CCC32C)C1C. The minimum Gasteiger partial charge on any atom is -0.478 e. The fourth-order valence-electron chi connectivity index (χ4n) is 13.1. The van der Waals surface area contributed by atoms with Crippen molar-refractivity contribution in [3.63, 3.8) is 0 Å². The van der Waals surface area contributed by atoms with Gasteiger partial charge in [-0.05, 0) is 145 Å². The highest BCUT2D eigenvalue weighted by Crippen LogP contribution is 2.75. The van der Waals surface area contributed by atoms with Crippen LogP contribution in [0.3, 0.4) is 0 Å². The van der Waals surface area contributed by atoms with E-state index in [2.05, 4.69) is 59.1 Å². The Morgan fingerprint density at radius 2 is 1.60 bits per heavy atom. The standard InChI is InChI=1S/C45H63FN2O5/c1-8-19-45(40(53)48-27-30-12-14-34(46)32(26-30)38(50)47-24-18-29-10-9-11-31(25-29)39(51)52)23-22-43(6)33(28(45)2)13-15-36-42(5)20-17-37(49)41(3,4)35(42)16-21-44(36,43)7/h9-12,14,25-26,28,33,35-37,49H,8,13,15-24,27H2,1-7H3,(H,47,50)(H,48,53)(H,51,52)/t28?,33?,35?,36?,37?,42?,43-,44?,45?/m1/s1. The van der Waals surface area contributed by atoms with E-state index in [4.69, 9.17) is 0 Å². The van der Waals surface area contributed by atoms with Gasteiger partial charge in [-0.1, -0.05) is 73.1 Å². The Labute approximate surface area is 316 Å². The van der Waals surface area contributed by atoms with Crippen LogP contribution in [0, 0.1) is 56.6 Å². The molecule has 0 spiro atoms. The van der Waals surface area contributed by atoms with Gasteiger partial charge in [-0.3, -0.25) is 9.59 Å². The van der Waals surface area contributed by atoms with E-state index in [0.717, 1.165) is 56.9 Å². The summed E-state index contributed by atoms with van der Waals surface area (Å²) in [5.74, 6) is -0.360. The van der Waals surface area contributed by atoms with Gasteiger partial charge in [0.2, 0.25) is 5.91 Å². The van der Waals surface area contributed by atoms with Gasteiger partial charge in [-0.25, -0.2) is 9.18 Å². The number of halogens is 1. The highest BCUT2D eigenvalue weighted by atomic mass is 19.1. The van der Waals surface area contributed by atoms with Crippen LogP contribution in [0.15, 0.2) is 42.5 Å². The first-order valence-corrected chi connectivity index (χ1v) is 20.3. The van der Waals surface area contributed by atoms with Crippen molar-refractivity contribution in [1.82, 2.24) is 10.6 Å². The van der Waals surface area contributed by atoms with E-state index in [-0.39, 0.29) is 63.8 Å². The van der Waals surface area contributed by atoms with Crippen LogP contribution in [-0.2, 0) is 17.8 Å². The Morgan fingerprint density at radius 3 is 2.32 bits per heavy atom. The maximum absolute atomic E-state index is 14.9. The second-order valence-electron chi connectivity index (χ2n) is 18.7. The summed E-state index contributed by atoms with van der Waals surface area (Å²) < 4.78 is 14.9. The van der Waals surface area contributed by atoms with E-state index in [1.807, 2.05) is 0 Å². The van der Waals surface area contributed by atoms with Crippen molar-refractivity contribution in [2.45, 2.75) is 132 Å². The number of benzene rings is 2. The number of amides is 2. The van der Waals surface area contributed by atoms with E-state index in [0.29, 0.717) is 29.7 Å². The van der Waals surface area contributed by atoms with E-state index in [1.165, 1.54) is 31.0 Å². The fourth-order valence-corrected chi connectivity index (χ4v) is 13.1. The molecule has 6 rings (SSSR count). The molecule has 4 fully saturated rings. The average molecular weight is 731 g/mol. The zero-order chi connectivity index (χ0) is 38.6. The van der Waals surface area contributed by atoms with Crippen molar-refractivity contribution in [1.29, 1.82) is 0 Å². The molecule has 2 aromatic rings. The molecule has 0 bridgehead atoms. The van der Waals surface area contributed by atoms with E-state index >= 15 is 0 Å². The quantitative estimate of drug-likeness (QED) is 0.195. The second-order valence-corrected chi connectivity index (χ2v) is 18.7. The van der Waals surface area contributed by atoms with Crippen molar-refractivity contribution in [2.24, 2.45) is 50.7 Å². The molecule has 8 unspecified atom stereocenters. The molecule has 2 amide bonds. The number of rotatable bonds is 10. The van der Waals surface area contributed by atoms with Crippen LogP contribution in [0.4, 0.5) is 4.39 Å². The second kappa shape index (κ2) is 14.4. The van der Waals surface area contributed by atoms with Gasteiger partial charge in [0.15, 0.2) is 0 Å². The number of carboxylic acids is 1. The van der Waals surface area contributed by atoms with Crippen molar-refractivity contribution in [3.8, 4) is 0 Å². The van der Waals surface area contributed by atoms with Gasteiger partial charge in [-0.2, -0.15) is 0 Å². The first kappa shape index (κ1) is 39.4. The van der Waals surface area contributed by atoms with Crippen LogP contribution in [0.2, 0.25) is 0 Å². The molecule has 290 valence electrons. The molecule has 0 aromatic heterocycles. The van der Waals surface area contributed by atoms with E-state index in [1.54, 1.807) is 24.3 Å². The van der Waals surface area contributed by atoms with E-state index in [9.17, 15) is 29.0 Å². The number of nitrogens with one attached hydrogen (secondary N) is 2. The lowest BCUT2D eigenvalue weighted by atomic mass is 9.32. The van der Waals surface area contributed by atoms with Gasteiger partial charge >= 0.3 is 5.97 Å². The molecule has 2 aromatic carbocycles. The maximum atomic E-state index is 14.9. The van der Waals surface area contributed by atoms with Crippen LogP contribution in [0.1, 0.15) is 145 Å². The number of aromatic carboxylic acids is 1. The molecule has 0 aliphatic heterocycles. The summed E-state index contributed by atoms with van der Waals surface area (Å²) in [6.45, 7) is 17.2. The van der Waals surface area contributed by atoms with Crippen LogP contribution >= 0.6 is 0 Å². The molecule has 8 heteroatoms. The number of carbonyl (C=O) groups is 3. The fraction of sp³-hybridized carbons (Fsp3) is 0.667. The Morgan fingerprint density at radius 1 is 0.849 bits per heavy atom. The minimum atomic E-state index is -1.02. The summed E-state index contributed by atoms with van der Waals surface area (Å²) in [5, 5.41) is 26.3. The average Bonchev–Trinajstić information content (AvgIpc) is 3.11. The predicted molar refractivity (Wildman–Crippen MR) is 206 cm³/mol. The number of fused-ring (bicyclic) bond motifs is 5. The third-order valence-electron chi connectivity index (χ3n) is 16.2. The molecule has 0 saturated heterocycles. The molecular formula is C45H63FN2O5. The monoisotopic (exact) mass is 730 g/mol. The number of hydrogen-bond acceptors (Lipinski definition) is 4. The Balaban J connectivity index is 1.14. The highest BCUT2D eigenvalue weighted by Gasteiger charge is 2.69. The molecule has 4 saturated carbocycles. The third-order valence-corrected chi connectivity index (χ3v) is 16.2.